The van der Waals surface area contributed by atoms with Gasteiger partial charge < -0.3 is 4.43 Å². The van der Waals surface area contributed by atoms with Crippen molar-refractivity contribution in [2.24, 2.45) is 0 Å². The minimum absolute atomic E-state index is 0.237. The molecule has 1 rings (SSSR count). The van der Waals surface area contributed by atoms with Crippen LogP contribution in [0.1, 0.15) is 45.6 Å². The van der Waals surface area contributed by atoms with Crippen molar-refractivity contribution in [1.29, 1.82) is 0 Å². The van der Waals surface area contributed by atoms with Gasteiger partial charge >= 0.3 is 0 Å². The fourth-order valence-electron chi connectivity index (χ4n) is 1.73. The van der Waals surface area contributed by atoms with Crippen LogP contribution in [0.4, 0.5) is 0 Å². The summed E-state index contributed by atoms with van der Waals surface area (Å²) in [6.07, 6.45) is 9.51. The van der Waals surface area contributed by atoms with Crippen LogP contribution in [-0.2, 0) is 6.42 Å². The van der Waals surface area contributed by atoms with Gasteiger partial charge in [0.25, 0.3) is 0 Å². The third kappa shape index (κ3) is 5.05. The third-order valence-electron chi connectivity index (χ3n) is 4.14. The van der Waals surface area contributed by atoms with E-state index in [-0.39, 0.29) is 5.04 Å². The van der Waals surface area contributed by atoms with Crippen molar-refractivity contribution < 1.29 is 4.43 Å². The van der Waals surface area contributed by atoms with E-state index in [4.69, 9.17) is 10.8 Å². The second kappa shape index (κ2) is 6.99. The largest absolute Gasteiger partial charge is 0.544 e. The van der Waals surface area contributed by atoms with E-state index in [1.54, 1.807) is 0 Å². The summed E-state index contributed by atoms with van der Waals surface area (Å²) < 4.78 is 6.28. The van der Waals surface area contributed by atoms with Gasteiger partial charge in [-0.1, -0.05) is 32.9 Å². The van der Waals surface area contributed by atoms with Crippen molar-refractivity contribution in [3.8, 4) is 18.1 Å². The summed E-state index contributed by atoms with van der Waals surface area (Å²) in [4.78, 5) is 0. The van der Waals surface area contributed by atoms with Crippen molar-refractivity contribution in [3.05, 3.63) is 29.8 Å². The number of aryl methyl sites for hydroxylation is 1. The van der Waals surface area contributed by atoms with E-state index in [0.29, 0.717) is 0 Å². The number of benzene rings is 1. The van der Waals surface area contributed by atoms with Crippen LogP contribution in [0.25, 0.3) is 0 Å². The number of hydrogen-bond donors (Lipinski definition) is 0. The first-order valence-electron chi connectivity index (χ1n) is 7.48. The van der Waals surface area contributed by atoms with Gasteiger partial charge in [-0.05, 0) is 55.1 Å². The van der Waals surface area contributed by atoms with E-state index in [1.807, 2.05) is 0 Å². The van der Waals surface area contributed by atoms with Gasteiger partial charge in [-0.25, -0.2) is 0 Å². The number of hydrogen-bond acceptors (Lipinski definition) is 1. The van der Waals surface area contributed by atoms with Gasteiger partial charge in [0, 0.05) is 6.42 Å². The molecule has 20 heavy (non-hydrogen) atoms. The summed E-state index contributed by atoms with van der Waals surface area (Å²) in [5.41, 5.74) is 1.37. The SMILES string of the molecule is C#CCCCCc1ccc(O[Si](C)(C)C(C)(C)C)cc1. The monoisotopic (exact) mass is 288 g/mol. The second-order valence-electron chi connectivity index (χ2n) is 6.92. The standard InChI is InChI=1S/C18H28OSi/c1-7-8-9-10-11-16-12-14-17(15-13-16)19-20(5,6)18(2,3)4/h1,12-15H,8-11H2,2-6H3. The molecule has 0 bridgehead atoms. The highest BCUT2D eigenvalue weighted by Crippen LogP contribution is 2.37. The maximum Gasteiger partial charge on any atom is 0.250 e. The van der Waals surface area contributed by atoms with Crippen LogP contribution in [0.3, 0.4) is 0 Å². The lowest BCUT2D eigenvalue weighted by atomic mass is 10.1. The molecule has 0 saturated heterocycles. The first-order valence-corrected chi connectivity index (χ1v) is 10.4. The van der Waals surface area contributed by atoms with Gasteiger partial charge in [0.15, 0.2) is 0 Å². The molecule has 0 aromatic heterocycles. The molecule has 0 atom stereocenters. The van der Waals surface area contributed by atoms with Crippen LogP contribution >= 0.6 is 0 Å². The van der Waals surface area contributed by atoms with Crippen LogP contribution in [0.2, 0.25) is 18.1 Å². The minimum Gasteiger partial charge on any atom is -0.544 e. The molecule has 0 aliphatic heterocycles. The van der Waals surface area contributed by atoms with Gasteiger partial charge in [0.2, 0.25) is 8.32 Å². The van der Waals surface area contributed by atoms with Crippen LogP contribution < -0.4 is 4.43 Å². The molecule has 0 N–H and O–H groups in total. The molecule has 1 aromatic rings. The molecular weight excluding hydrogens is 260 g/mol. The summed E-state index contributed by atoms with van der Waals surface area (Å²) in [5, 5.41) is 0.237. The Hall–Kier alpha value is -1.20. The molecule has 1 nitrogen and oxygen atoms in total. The van der Waals surface area contributed by atoms with Crippen molar-refractivity contribution in [1.82, 2.24) is 0 Å². The molecule has 0 saturated carbocycles. The zero-order valence-electron chi connectivity index (χ0n) is 13.6. The Labute approximate surface area is 125 Å². The highest BCUT2D eigenvalue weighted by molar-refractivity contribution is 6.74. The lowest BCUT2D eigenvalue weighted by molar-refractivity contribution is 0.492. The second-order valence-corrected chi connectivity index (χ2v) is 11.6. The van der Waals surface area contributed by atoms with Crippen LogP contribution in [-0.4, -0.2) is 8.32 Å². The molecule has 110 valence electrons. The maximum atomic E-state index is 6.28. The molecule has 2 heteroatoms. The van der Waals surface area contributed by atoms with Crippen LogP contribution in [0, 0.1) is 12.3 Å². The lowest BCUT2D eigenvalue weighted by Crippen LogP contribution is -2.43. The fourth-order valence-corrected chi connectivity index (χ4v) is 2.76. The lowest BCUT2D eigenvalue weighted by Gasteiger charge is -2.36. The summed E-state index contributed by atoms with van der Waals surface area (Å²) in [7, 11) is -1.72. The van der Waals surface area contributed by atoms with Crippen LogP contribution in [0.5, 0.6) is 5.75 Å². The summed E-state index contributed by atoms with van der Waals surface area (Å²) in [6.45, 7) is 11.3. The normalized spacial score (nSPS) is 12.0. The zero-order chi connectivity index (χ0) is 15.2. The average molecular weight is 289 g/mol. The zero-order valence-corrected chi connectivity index (χ0v) is 14.6. The van der Waals surface area contributed by atoms with Gasteiger partial charge in [-0.3, -0.25) is 0 Å². The van der Waals surface area contributed by atoms with Crippen molar-refractivity contribution in [2.45, 2.75) is 64.6 Å². The Kier molecular flexibility index (Phi) is 5.89. The van der Waals surface area contributed by atoms with Gasteiger partial charge in [-0.15, -0.1) is 12.3 Å². The summed E-state index contributed by atoms with van der Waals surface area (Å²) in [6, 6.07) is 8.57. The molecule has 0 spiro atoms. The topological polar surface area (TPSA) is 9.23 Å². The Balaban J connectivity index is 2.57. The Morgan fingerprint density at radius 3 is 2.20 bits per heavy atom. The van der Waals surface area contributed by atoms with E-state index in [2.05, 4.69) is 64.1 Å². The van der Waals surface area contributed by atoms with E-state index in [9.17, 15) is 0 Å². The molecule has 0 heterocycles. The molecule has 0 aliphatic rings. The molecule has 1 aromatic carbocycles. The molecule has 0 amide bonds. The Morgan fingerprint density at radius 1 is 1.10 bits per heavy atom. The van der Waals surface area contributed by atoms with Gasteiger partial charge in [0.05, 0.1) is 0 Å². The molecule has 0 aliphatic carbocycles. The van der Waals surface area contributed by atoms with Crippen molar-refractivity contribution >= 4 is 8.32 Å². The first-order chi connectivity index (χ1) is 9.26. The molecule has 0 radical (unpaired) electrons. The Bertz CT molecular complexity index is 446. The predicted molar refractivity (Wildman–Crippen MR) is 90.7 cm³/mol. The van der Waals surface area contributed by atoms with Crippen molar-refractivity contribution in [2.75, 3.05) is 0 Å². The van der Waals surface area contributed by atoms with E-state index in [1.165, 1.54) is 5.56 Å². The highest BCUT2D eigenvalue weighted by Gasteiger charge is 2.38. The minimum atomic E-state index is -1.72. The van der Waals surface area contributed by atoms with E-state index in [0.717, 1.165) is 31.4 Å². The summed E-state index contributed by atoms with van der Waals surface area (Å²) >= 11 is 0. The first kappa shape index (κ1) is 16.9. The molecule has 0 fully saturated rings. The molecular formula is C18H28OSi. The molecule has 0 unspecified atom stereocenters. The number of terminal acetylenes is 1. The van der Waals surface area contributed by atoms with Gasteiger partial charge in [-0.2, -0.15) is 0 Å². The average Bonchev–Trinajstić information content (AvgIpc) is 2.35. The third-order valence-corrected chi connectivity index (χ3v) is 8.50. The Morgan fingerprint density at radius 2 is 1.70 bits per heavy atom. The summed E-state index contributed by atoms with van der Waals surface area (Å²) in [5.74, 6) is 3.69. The number of rotatable bonds is 6. The van der Waals surface area contributed by atoms with Crippen molar-refractivity contribution in [3.63, 3.8) is 0 Å². The maximum absolute atomic E-state index is 6.28. The quantitative estimate of drug-likeness (QED) is 0.386. The predicted octanol–water partition coefficient (Wildman–Crippen LogP) is 5.42. The van der Waals surface area contributed by atoms with Crippen LogP contribution in [0.15, 0.2) is 24.3 Å². The smallest absolute Gasteiger partial charge is 0.250 e. The fraction of sp³-hybridized carbons (Fsp3) is 0.556. The number of unbranched alkanes of at least 4 members (excludes halogenated alkanes) is 2. The van der Waals surface area contributed by atoms with Gasteiger partial charge in [0.1, 0.15) is 5.75 Å². The van der Waals surface area contributed by atoms with E-state index < -0.39 is 8.32 Å². The highest BCUT2D eigenvalue weighted by atomic mass is 28.4. The van der Waals surface area contributed by atoms with E-state index >= 15 is 0 Å².